The highest BCUT2D eigenvalue weighted by Crippen LogP contribution is 2.20. The summed E-state index contributed by atoms with van der Waals surface area (Å²) in [6, 6.07) is 13.4. The summed E-state index contributed by atoms with van der Waals surface area (Å²) in [6.45, 7) is 2.84. The lowest BCUT2D eigenvalue weighted by molar-refractivity contribution is 0.102. The van der Waals surface area contributed by atoms with Crippen LogP contribution in [0.25, 0.3) is 0 Å². The van der Waals surface area contributed by atoms with Crippen LogP contribution < -0.4 is 5.32 Å². The van der Waals surface area contributed by atoms with Crippen LogP contribution in [0.2, 0.25) is 0 Å². The van der Waals surface area contributed by atoms with E-state index in [0.29, 0.717) is 5.56 Å². The number of aryl methyl sites for hydroxylation is 1. The van der Waals surface area contributed by atoms with Crippen LogP contribution in [-0.4, -0.2) is 24.9 Å². The van der Waals surface area contributed by atoms with Gasteiger partial charge in [0.2, 0.25) is 0 Å². The van der Waals surface area contributed by atoms with E-state index in [1.807, 2.05) is 38.4 Å². The largest absolute Gasteiger partial charge is 0.322 e. The highest BCUT2D eigenvalue weighted by molar-refractivity contribution is 9.10. The number of amides is 1. The first-order valence-corrected chi connectivity index (χ1v) is 7.56. The molecule has 0 atom stereocenters. The van der Waals surface area contributed by atoms with Crippen LogP contribution in [-0.2, 0) is 6.54 Å². The van der Waals surface area contributed by atoms with Crippen molar-refractivity contribution in [2.45, 2.75) is 13.5 Å². The van der Waals surface area contributed by atoms with Gasteiger partial charge in [-0.3, -0.25) is 4.79 Å². The molecule has 0 bridgehead atoms. The lowest BCUT2D eigenvalue weighted by Gasteiger charge is -2.16. The molecule has 0 aliphatic rings. The molecule has 2 rings (SSSR count). The Morgan fingerprint density at radius 2 is 1.81 bits per heavy atom. The van der Waals surface area contributed by atoms with E-state index in [1.165, 1.54) is 5.56 Å². The maximum absolute atomic E-state index is 12.3. The van der Waals surface area contributed by atoms with E-state index in [4.69, 9.17) is 0 Å². The smallest absolute Gasteiger partial charge is 0.255 e. The summed E-state index contributed by atoms with van der Waals surface area (Å²) in [6.07, 6.45) is 0. The molecule has 1 N–H and O–H groups in total. The molecule has 0 heterocycles. The highest BCUT2D eigenvalue weighted by Gasteiger charge is 2.10. The van der Waals surface area contributed by atoms with Crippen molar-refractivity contribution in [1.29, 1.82) is 0 Å². The number of nitrogens with one attached hydrogen (secondary N) is 1. The van der Waals surface area contributed by atoms with E-state index in [0.717, 1.165) is 22.3 Å². The van der Waals surface area contributed by atoms with Gasteiger partial charge in [0, 0.05) is 22.3 Å². The summed E-state index contributed by atoms with van der Waals surface area (Å²) in [5.41, 5.74) is 3.82. The normalized spacial score (nSPS) is 10.7. The molecule has 0 saturated heterocycles. The minimum absolute atomic E-state index is 0.0913. The van der Waals surface area contributed by atoms with Crippen molar-refractivity contribution >= 4 is 27.5 Å². The molecule has 1 amide bonds. The number of carbonyl (C=O) groups is 1. The van der Waals surface area contributed by atoms with Crippen LogP contribution in [0.4, 0.5) is 5.69 Å². The second-order valence-corrected chi connectivity index (χ2v) is 6.28. The summed E-state index contributed by atoms with van der Waals surface area (Å²) < 4.78 is 0.961. The number of benzene rings is 2. The van der Waals surface area contributed by atoms with Crippen molar-refractivity contribution in [3.8, 4) is 0 Å². The van der Waals surface area contributed by atoms with Crippen molar-refractivity contribution in [1.82, 2.24) is 4.90 Å². The molecule has 0 aliphatic heterocycles. The Bertz CT molecular complexity index is 636. The third-order valence-corrected chi connectivity index (χ3v) is 3.63. The van der Waals surface area contributed by atoms with Crippen LogP contribution in [0.15, 0.2) is 46.9 Å². The number of hydrogen-bond acceptors (Lipinski definition) is 2. The lowest BCUT2D eigenvalue weighted by atomic mass is 10.1. The second-order valence-electron chi connectivity index (χ2n) is 5.36. The van der Waals surface area contributed by atoms with Crippen LogP contribution in [0.1, 0.15) is 21.5 Å². The summed E-state index contributed by atoms with van der Waals surface area (Å²) in [5.74, 6) is -0.0913. The topological polar surface area (TPSA) is 32.3 Å². The van der Waals surface area contributed by atoms with E-state index < -0.39 is 0 Å². The fourth-order valence-corrected chi connectivity index (χ4v) is 2.38. The maximum Gasteiger partial charge on any atom is 0.255 e. The molecule has 0 radical (unpaired) electrons. The molecule has 0 spiro atoms. The van der Waals surface area contributed by atoms with Crippen LogP contribution in [0, 0.1) is 6.92 Å². The molecule has 0 saturated carbocycles. The van der Waals surface area contributed by atoms with Crippen molar-refractivity contribution in [2.24, 2.45) is 0 Å². The Kier molecular flexibility index (Phi) is 5.15. The van der Waals surface area contributed by atoms with E-state index in [2.05, 4.69) is 39.1 Å². The van der Waals surface area contributed by atoms with Gasteiger partial charge < -0.3 is 10.2 Å². The second kappa shape index (κ2) is 6.87. The predicted octanol–water partition coefficient (Wildman–Crippen LogP) is 4.07. The van der Waals surface area contributed by atoms with Crippen molar-refractivity contribution in [3.05, 3.63) is 63.6 Å². The minimum atomic E-state index is -0.0913. The highest BCUT2D eigenvalue weighted by atomic mass is 79.9. The third-order valence-electron chi connectivity index (χ3n) is 3.10. The molecular weight excluding hydrogens is 328 g/mol. The van der Waals surface area contributed by atoms with Crippen molar-refractivity contribution in [3.63, 3.8) is 0 Å². The monoisotopic (exact) mass is 346 g/mol. The third kappa shape index (κ3) is 4.41. The summed E-state index contributed by atoms with van der Waals surface area (Å²) in [7, 11) is 4.03. The Labute approximate surface area is 134 Å². The van der Waals surface area contributed by atoms with E-state index >= 15 is 0 Å². The molecule has 0 aromatic heterocycles. The van der Waals surface area contributed by atoms with Gasteiger partial charge in [0.15, 0.2) is 0 Å². The number of hydrogen-bond donors (Lipinski definition) is 1. The van der Waals surface area contributed by atoms with E-state index in [-0.39, 0.29) is 5.91 Å². The van der Waals surface area contributed by atoms with Gasteiger partial charge >= 0.3 is 0 Å². The first kappa shape index (κ1) is 15.7. The number of halogens is 1. The molecule has 2 aromatic rings. The Hall–Kier alpha value is -1.65. The van der Waals surface area contributed by atoms with Gasteiger partial charge in [-0.05, 0) is 56.9 Å². The first-order chi connectivity index (χ1) is 9.95. The van der Waals surface area contributed by atoms with Gasteiger partial charge in [0.1, 0.15) is 0 Å². The van der Waals surface area contributed by atoms with Gasteiger partial charge in [-0.25, -0.2) is 0 Å². The zero-order valence-electron chi connectivity index (χ0n) is 12.5. The van der Waals surface area contributed by atoms with Gasteiger partial charge in [-0.2, -0.15) is 0 Å². The molecule has 2 aromatic carbocycles. The molecule has 4 heteroatoms. The molecule has 110 valence electrons. The van der Waals surface area contributed by atoms with Crippen LogP contribution >= 0.6 is 15.9 Å². The first-order valence-electron chi connectivity index (χ1n) is 6.77. The van der Waals surface area contributed by atoms with Gasteiger partial charge in [0.05, 0.1) is 0 Å². The molecular formula is C17H19BrN2O. The summed E-state index contributed by atoms with van der Waals surface area (Å²) in [4.78, 5) is 14.4. The number of carbonyl (C=O) groups excluding carboxylic acids is 1. The molecule has 21 heavy (non-hydrogen) atoms. The predicted molar refractivity (Wildman–Crippen MR) is 90.7 cm³/mol. The number of nitrogens with zero attached hydrogens (tertiary/aromatic N) is 1. The zero-order valence-corrected chi connectivity index (χ0v) is 14.1. The zero-order chi connectivity index (χ0) is 15.4. The van der Waals surface area contributed by atoms with Gasteiger partial charge in [-0.1, -0.05) is 33.6 Å². The molecule has 0 fully saturated rings. The Morgan fingerprint density at radius 1 is 1.14 bits per heavy atom. The SMILES string of the molecule is Cc1ccc(NC(=O)c2ccc(Br)cc2)c(CN(C)C)c1. The fourth-order valence-electron chi connectivity index (χ4n) is 2.11. The standard InChI is InChI=1S/C17H19BrN2O/c1-12-4-9-16(14(10-12)11-20(2)3)19-17(21)13-5-7-15(18)8-6-13/h4-10H,11H2,1-3H3,(H,19,21). The number of rotatable bonds is 4. The summed E-state index contributed by atoms with van der Waals surface area (Å²) >= 11 is 3.37. The molecule has 0 unspecified atom stereocenters. The summed E-state index contributed by atoms with van der Waals surface area (Å²) in [5, 5.41) is 3.00. The fraction of sp³-hybridized carbons (Fsp3) is 0.235. The maximum atomic E-state index is 12.3. The van der Waals surface area contributed by atoms with Crippen LogP contribution in [0.3, 0.4) is 0 Å². The average molecular weight is 347 g/mol. The minimum Gasteiger partial charge on any atom is -0.322 e. The lowest BCUT2D eigenvalue weighted by Crippen LogP contribution is -2.16. The van der Waals surface area contributed by atoms with Gasteiger partial charge in [-0.15, -0.1) is 0 Å². The Morgan fingerprint density at radius 3 is 2.43 bits per heavy atom. The Balaban J connectivity index is 2.22. The number of anilines is 1. The van der Waals surface area contributed by atoms with E-state index in [1.54, 1.807) is 12.1 Å². The van der Waals surface area contributed by atoms with Crippen LogP contribution in [0.5, 0.6) is 0 Å². The van der Waals surface area contributed by atoms with Gasteiger partial charge in [0.25, 0.3) is 5.91 Å². The molecule has 0 aliphatic carbocycles. The average Bonchev–Trinajstić information content (AvgIpc) is 2.42. The van der Waals surface area contributed by atoms with Crippen molar-refractivity contribution < 1.29 is 4.79 Å². The van der Waals surface area contributed by atoms with Crippen molar-refractivity contribution in [2.75, 3.05) is 19.4 Å². The van der Waals surface area contributed by atoms with E-state index in [9.17, 15) is 4.79 Å². The quantitative estimate of drug-likeness (QED) is 0.904. The molecule has 3 nitrogen and oxygen atoms in total.